The lowest BCUT2D eigenvalue weighted by atomic mass is 10.2. The Bertz CT molecular complexity index is 522. The second-order valence-corrected chi connectivity index (χ2v) is 3.25. The first-order valence-electron chi connectivity index (χ1n) is 4.39. The number of halogens is 1. The van der Waals surface area contributed by atoms with Crippen LogP contribution >= 0.6 is 0 Å². The van der Waals surface area contributed by atoms with Gasteiger partial charge in [0.15, 0.2) is 0 Å². The smallest absolute Gasteiger partial charge is 0.242 e. The molecule has 5 nitrogen and oxygen atoms in total. The fourth-order valence-electron chi connectivity index (χ4n) is 1.32. The van der Waals surface area contributed by atoms with E-state index in [2.05, 4.69) is 10.3 Å². The van der Waals surface area contributed by atoms with Gasteiger partial charge in [-0.25, -0.2) is 9.07 Å². The van der Waals surface area contributed by atoms with E-state index in [9.17, 15) is 9.18 Å². The quantitative estimate of drug-likeness (QED) is 0.786. The molecular weight excluding hydrogens is 199 g/mol. The van der Waals surface area contributed by atoms with Crippen LogP contribution in [0.15, 0.2) is 18.2 Å². The Morgan fingerprint density at radius 3 is 3.00 bits per heavy atom. The van der Waals surface area contributed by atoms with E-state index in [1.807, 2.05) is 0 Å². The van der Waals surface area contributed by atoms with E-state index < -0.39 is 17.8 Å². The van der Waals surface area contributed by atoms with Crippen LogP contribution in [-0.4, -0.2) is 20.9 Å². The van der Waals surface area contributed by atoms with E-state index in [1.54, 1.807) is 6.92 Å². The minimum atomic E-state index is -0.642. The molecule has 6 heteroatoms. The summed E-state index contributed by atoms with van der Waals surface area (Å²) in [4.78, 5) is 11.0. The van der Waals surface area contributed by atoms with Crippen molar-refractivity contribution in [3.05, 3.63) is 24.0 Å². The second-order valence-electron chi connectivity index (χ2n) is 3.25. The number of fused-ring (bicyclic) bond motifs is 1. The van der Waals surface area contributed by atoms with Crippen molar-refractivity contribution in [2.45, 2.75) is 13.0 Å². The number of benzene rings is 1. The van der Waals surface area contributed by atoms with Crippen molar-refractivity contribution in [1.29, 1.82) is 0 Å². The Labute approximate surface area is 84.7 Å². The van der Waals surface area contributed by atoms with Crippen LogP contribution in [-0.2, 0) is 4.79 Å². The van der Waals surface area contributed by atoms with Crippen LogP contribution < -0.4 is 5.73 Å². The number of carbonyl (C=O) groups is 1. The molecule has 0 aliphatic rings. The minimum Gasteiger partial charge on any atom is -0.368 e. The molecule has 1 amide bonds. The molecule has 2 aromatic rings. The summed E-state index contributed by atoms with van der Waals surface area (Å²) in [6.07, 6.45) is 0. The standard InChI is InChI=1S/C9H9FN4O/c1-5(9(11)15)14-8-4-6(10)2-3-7(8)12-13-14/h2-5H,1H3,(H2,11,15). The molecular formula is C9H9FN4O. The summed E-state index contributed by atoms with van der Waals surface area (Å²) in [7, 11) is 0. The van der Waals surface area contributed by atoms with Crippen LogP contribution in [0.3, 0.4) is 0 Å². The van der Waals surface area contributed by atoms with Crippen LogP contribution in [0.1, 0.15) is 13.0 Å². The molecule has 1 unspecified atom stereocenters. The molecule has 2 rings (SSSR count). The summed E-state index contributed by atoms with van der Waals surface area (Å²) in [5, 5.41) is 7.56. The molecule has 0 aliphatic heterocycles. The largest absolute Gasteiger partial charge is 0.368 e. The molecule has 0 bridgehead atoms. The molecule has 1 aromatic carbocycles. The van der Waals surface area contributed by atoms with E-state index in [0.717, 1.165) is 0 Å². The van der Waals surface area contributed by atoms with Gasteiger partial charge in [-0.3, -0.25) is 4.79 Å². The third kappa shape index (κ3) is 1.54. The lowest BCUT2D eigenvalue weighted by Gasteiger charge is -2.07. The first-order chi connectivity index (χ1) is 7.09. The number of primary amides is 1. The lowest BCUT2D eigenvalue weighted by molar-refractivity contribution is -0.120. The molecule has 15 heavy (non-hydrogen) atoms. The normalized spacial score (nSPS) is 12.9. The summed E-state index contributed by atoms with van der Waals surface area (Å²) < 4.78 is 14.3. The van der Waals surface area contributed by atoms with Gasteiger partial charge in [-0.15, -0.1) is 5.10 Å². The third-order valence-electron chi connectivity index (χ3n) is 2.21. The average Bonchev–Trinajstić information content (AvgIpc) is 2.59. The van der Waals surface area contributed by atoms with E-state index >= 15 is 0 Å². The monoisotopic (exact) mass is 208 g/mol. The fraction of sp³-hybridized carbons (Fsp3) is 0.222. The molecule has 0 radical (unpaired) electrons. The molecule has 0 saturated carbocycles. The van der Waals surface area contributed by atoms with E-state index in [4.69, 9.17) is 5.73 Å². The molecule has 0 spiro atoms. The molecule has 0 fully saturated rings. The van der Waals surface area contributed by atoms with Crippen LogP contribution in [0, 0.1) is 5.82 Å². The fourth-order valence-corrected chi connectivity index (χ4v) is 1.32. The molecule has 0 saturated heterocycles. The third-order valence-corrected chi connectivity index (χ3v) is 2.21. The van der Waals surface area contributed by atoms with Crippen molar-refractivity contribution in [2.75, 3.05) is 0 Å². The summed E-state index contributed by atoms with van der Waals surface area (Å²) in [6, 6.07) is 3.42. The highest BCUT2D eigenvalue weighted by Gasteiger charge is 2.15. The van der Waals surface area contributed by atoms with Crippen LogP contribution in [0.2, 0.25) is 0 Å². The van der Waals surface area contributed by atoms with Gasteiger partial charge in [0, 0.05) is 6.07 Å². The molecule has 78 valence electrons. The summed E-state index contributed by atoms with van der Waals surface area (Å²) in [5.41, 5.74) is 6.13. The maximum atomic E-state index is 13.0. The van der Waals surface area contributed by atoms with Gasteiger partial charge in [0.2, 0.25) is 5.91 Å². The van der Waals surface area contributed by atoms with E-state index in [0.29, 0.717) is 11.0 Å². The van der Waals surface area contributed by atoms with E-state index in [1.165, 1.54) is 22.9 Å². The second kappa shape index (κ2) is 3.30. The Balaban J connectivity index is 2.61. The maximum Gasteiger partial charge on any atom is 0.242 e. The topological polar surface area (TPSA) is 73.8 Å². The number of nitrogens with zero attached hydrogens (tertiary/aromatic N) is 3. The van der Waals surface area contributed by atoms with Crippen molar-refractivity contribution in [1.82, 2.24) is 15.0 Å². The highest BCUT2D eigenvalue weighted by atomic mass is 19.1. The van der Waals surface area contributed by atoms with Gasteiger partial charge in [-0.2, -0.15) is 0 Å². The first kappa shape index (κ1) is 9.57. The SMILES string of the molecule is CC(C(N)=O)n1nnc2ccc(F)cc21. The summed E-state index contributed by atoms with van der Waals surface area (Å²) >= 11 is 0. The number of amides is 1. The number of nitrogens with two attached hydrogens (primary N) is 1. The number of carbonyl (C=O) groups excluding carboxylic acids is 1. The average molecular weight is 208 g/mol. The van der Waals surface area contributed by atoms with Crippen molar-refractivity contribution < 1.29 is 9.18 Å². The van der Waals surface area contributed by atoms with Gasteiger partial charge in [0.05, 0.1) is 5.52 Å². The molecule has 1 aromatic heterocycles. The highest BCUT2D eigenvalue weighted by Crippen LogP contribution is 2.16. The Kier molecular flexibility index (Phi) is 2.11. The number of hydrogen-bond donors (Lipinski definition) is 1. The van der Waals surface area contributed by atoms with E-state index in [-0.39, 0.29) is 0 Å². The predicted molar refractivity (Wildman–Crippen MR) is 51.4 cm³/mol. The van der Waals surface area contributed by atoms with Crippen molar-refractivity contribution in [3.8, 4) is 0 Å². The molecule has 0 aliphatic carbocycles. The summed E-state index contributed by atoms with van der Waals surface area (Å²) in [6.45, 7) is 1.58. The number of hydrogen-bond acceptors (Lipinski definition) is 3. The molecule has 1 atom stereocenters. The zero-order chi connectivity index (χ0) is 11.0. The van der Waals surface area contributed by atoms with Crippen LogP contribution in [0.4, 0.5) is 4.39 Å². The predicted octanol–water partition coefficient (Wildman–Crippen LogP) is 0.617. The van der Waals surface area contributed by atoms with Crippen molar-refractivity contribution >= 4 is 16.9 Å². The van der Waals surface area contributed by atoms with Crippen LogP contribution in [0.5, 0.6) is 0 Å². The van der Waals surface area contributed by atoms with Gasteiger partial charge in [-0.05, 0) is 19.1 Å². The summed E-state index contributed by atoms with van der Waals surface area (Å²) in [5.74, 6) is -0.936. The van der Waals surface area contributed by atoms with Gasteiger partial charge in [0.25, 0.3) is 0 Å². The van der Waals surface area contributed by atoms with Crippen molar-refractivity contribution in [3.63, 3.8) is 0 Å². The molecule has 2 N–H and O–H groups in total. The van der Waals surface area contributed by atoms with Crippen molar-refractivity contribution in [2.24, 2.45) is 5.73 Å². The Morgan fingerprint density at radius 2 is 2.33 bits per heavy atom. The van der Waals surface area contributed by atoms with Gasteiger partial charge < -0.3 is 5.73 Å². The van der Waals surface area contributed by atoms with Gasteiger partial charge in [0.1, 0.15) is 17.4 Å². The molecule has 1 heterocycles. The lowest BCUT2D eigenvalue weighted by Crippen LogP contribution is -2.24. The number of aromatic nitrogens is 3. The number of rotatable bonds is 2. The first-order valence-corrected chi connectivity index (χ1v) is 4.39. The maximum absolute atomic E-state index is 13.0. The Morgan fingerprint density at radius 1 is 1.60 bits per heavy atom. The zero-order valence-corrected chi connectivity index (χ0v) is 8.01. The zero-order valence-electron chi connectivity index (χ0n) is 8.01. The Hall–Kier alpha value is -1.98. The van der Waals surface area contributed by atoms with Gasteiger partial charge in [-0.1, -0.05) is 5.21 Å². The minimum absolute atomic E-state index is 0.400. The highest BCUT2D eigenvalue weighted by molar-refractivity contribution is 5.81. The van der Waals surface area contributed by atoms with Gasteiger partial charge >= 0.3 is 0 Å². The van der Waals surface area contributed by atoms with Crippen LogP contribution in [0.25, 0.3) is 11.0 Å².